The fourth-order valence-corrected chi connectivity index (χ4v) is 3.18. The molecule has 3 aromatic rings. The summed E-state index contributed by atoms with van der Waals surface area (Å²) in [7, 11) is 0. The minimum absolute atomic E-state index is 0.0944. The number of nitrogens with zero attached hydrogens (tertiary/aromatic N) is 3. The molecule has 2 heterocycles. The maximum atomic E-state index is 13.0. The van der Waals surface area contributed by atoms with Crippen molar-refractivity contribution >= 4 is 23.2 Å². The first-order valence-corrected chi connectivity index (χ1v) is 8.38. The Morgan fingerprint density at radius 2 is 1.81 bits per heavy atom. The molecule has 1 unspecified atom stereocenters. The number of amides is 1. The average molecular weight is 348 g/mol. The van der Waals surface area contributed by atoms with Gasteiger partial charge in [-0.15, -0.1) is 0 Å². The summed E-state index contributed by atoms with van der Waals surface area (Å²) in [5.74, 6) is -0.0729. The van der Waals surface area contributed by atoms with Crippen LogP contribution in [0.25, 0.3) is 0 Å². The molecule has 0 aliphatic carbocycles. The molecule has 1 aromatic heterocycles. The van der Waals surface area contributed by atoms with Gasteiger partial charge in [0, 0.05) is 29.8 Å². The number of hydrogen-bond donors (Lipinski definition) is 1. The molecular weight excluding hydrogens is 331 g/mol. The molecule has 0 spiro atoms. The molecule has 1 aliphatic heterocycles. The molecular formula is C20H17FN4O. The summed E-state index contributed by atoms with van der Waals surface area (Å²) in [5, 5.41) is 2.98. The van der Waals surface area contributed by atoms with Gasteiger partial charge in [-0.3, -0.25) is 4.79 Å². The molecule has 1 amide bonds. The van der Waals surface area contributed by atoms with Gasteiger partial charge >= 0.3 is 0 Å². The Morgan fingerprint density at radius 3 is 2.54 bits per heavy atom. The van der Waals surface area contributed by atoms with E-state index in [2.05, 4.69) is 15.3 Å². The van der Waals surface area contributed by atoms with Gasteiger partial charge in [-0.05, 0) is 49.2 Å². The molecule has 4 rings (SSSR count). The molecule has 130 valence electrons. The molecule has 5 nitrogen and oxygen atoms in total. The van der Waals surface area contributed by atoms with E-state index in [1.807, 2.05) is 31.2 Å². The fourth-order valence-electron chi connectivity index (χ4n) is 3.18. The van der Waals surface area contributed by atoms with Crippen molar-refractivity contribution in [2.24, 2.45) is 0 Å². The first kappa shape index (κ1) is 16.2. The van der Waals surface area contributed by atoms with Crippen molar-refractivity contribution in [3.05, 3.63) is 77.9 Å². The van der Waals surface area contributed by atoms with Gasteiger partial charge in [0.2, 0.25) is 5.95 Å². The van der Waals surface area contributed by atoms with Crippen LogP contribution in [-0.2, 0) is 6.42 Å². The lowest BCUT2D eigenvalue weighted by Gasteiger charge is -2.22. The molecule has 2 aromatic carbocycles. The lowest BCUT2D eigenvalue weighted by Crippen LogP contribution is -2.35. The highest BCUT2D eigenvalue weighted by Gasteiger charge is 2.31. The van der Waals surface area contributed by atoms with Gasteiger partial charge in [0.05, 0.1) is 5.56 Å². The van der Waals surface area contributed by atoms with Crippen LogP contribution in [-0.4, -0.2) is 21.9 Å². The van der Waals surface area contributed by atoms with E-state index in [0.29, 0.717) is 17.2 Å². The van der Waals surface area contributed by atoms with Crippen molar-refractivity contribution in [3.63, 3.8) is 0 Å². The zero-order valence-corrected chi connectivity index (χ0v) is 14.2. The number of carbonyl (C=O) groups excluding carboxylic acids is 1. The second kappa shape index (κ2) is 6.55. The SMILES string of the molecule is CC1Cc2ccccc2N1C(=O)c1cnc(Nc2ccc(F)cc2)nc1. The van der Waals surface area contributed by atoms with Gasteiger partial charge in [-0.25, -0.2) is 14.4 Å². The van der Waals surface area contributed by atoms with Crippen LogP contribution < -0.4 is 10.2 Å². The van der Waals surface area contributed by atoms with Crippen LogP contribution in [0.15, 0.2) is 60.9 Å². The molecule has 0 saturated heterocycles. The number of rotatable bonds is 3. The molecule has 26 heavy (non-hydrogen) atoms. The van der Waals surface area contributed by atoms with E-state index in [1.54, 1.807) is 17.0 Å². The van der Waals surface area contributed by atoms with Gasteiger partial charge in [0.15, 0.2) is 0 Å². The van der Waals surface area contributed by atoms with E-state index in [4.69, 9.17) is 0 Å². The van der Waals surface area contributed by atoms with Gasteiger partial charge in [0.25, 0.3) is 5.91 Å². The number of benzene rings is 2. The summed E-state index contributed by atoms with van der Waals surface area (Å²) in [6.45, 7) is 2.03. The molecule has 0 bridgehead atoms. The molecule has 1 aliphatic rings. The second-order valence-electron chi connectivity index (χ2n) is 6.28. The summed E-state index contributed by atoms with van der Waals surface area (Å²) in [4.78, 5) is 23.1. The van der Waals surface area contributed by atoms with E-state index < -0.39 is 0 Å². The van der Waals surface area contributed by atoms with Crippen LogP contribution in [0.2, 0.25) is 0 Å². The van der Waals surface area contributed by atoms with E-state index in [-0.39, 0.29) is 17.8 Å². The highest BCUT2D eigenvalue weighted by molar-refractivity contribution is 6.07. The van der Waals surface area contributed by atoms with E-state index in [1.165, 1.54) is 30.1 Å². The Labute approximate surface area is 150 Å². The third kappa shape index (κ3) is 3.01. The van der Waals surface area contributed by atoms with Gasteiger partial charge in [-0.2, -0.15) is 0 Å². The Bertz CT molecular complexity index is 941. The highest BCUT2D eigenvalue weighted by Crippen LogP contribution is 2.32. The van der Waals surface area contributed by atoms with E-state index in [0.717, 1.165) is 12.1 Å². The zero-order chi connectivity index (χ0) is 18.1. The molecule has 0 radical (unpaired) electrons. The predicted octanol–water partition coefficient (Wildman–Crippen LogP) is 3.95. The van der Waals surface area contributed by atoms with Crippen molar-refractivity contribution in [2.45, 2.75) is 19.4 Å². The molecule has 0 saturated carbocycles. The Hall–Kier alpha value is -3.28. The zero-order valence-electron chi connectivity index (χ0n) is 14.2. The van der Waals surface area contributed by atoms with Crippen LogP contribution in [0.3, 0.4) is 0 Å². The van der Waals surface area contributed by atoms with Crippen molar-refractivity contribution < 1.29 is 9.18 Å². The minimum atomic E-state index is -0.308. The lowest BCUT2D eigenvalue weighted by molar-refractivity contribution is 0.0981. The van der Waals surface area contributed by atoms with Gasteiger partial charge < -0.3 is 10.2 Å². The number of aromatic nitrogens is 2. The van der Waals surface area contributed by atoms with Crippen molar-refractivity contribution in [1.82, 2.24) is 9.97 Å². The maximum Gasteiger partial charge on any atom is 0.261 e. The van der Waals surface area contributed by atoms with Crippen LogP contribution in [0.4, 0.5) is 21.7 Å². The standard InChI is InChI=1S/C20H17FN4O/c1-13-10-14-4-2-3-5-18(14)25(13)19(26)15-11-22-20(23-12-15)24-17-8-6-16(21)7-9-17/h2-9,11-13H,10H2,1H3,(H,22,23,24). The van der Waals surface area contributed by atoms with Crippen LogP contribution in [0.5, 0.6) is 0 Å². The van der Waals surface area contributed by atoms with Crippen LogP contribution >= 0.6 is 0 Å². The Morgan fingerprint density at radius 1 is 1.12 bits per heavy atom. The summed E-state index contributed by atoms with van der Waals surface area (Å²) >= 11 is 0. The largest absolute Gasteiger partial charge is 0.324 e. The van der Waals surface area contributed by atoms with Crippen molar-refractivity contribution in [2.75, 3.05) is 10.2 Å². The van der Waals surface area contributed by atoms with E-state index >= 15 is 0 Å². The number of hydrogen-bond acceptors (Lipinski definition) is 4. The summed E-state index contributed by atoms with van der Waals surface area (Å²) in [5.41, 5.74) is 3.22. The quantitative estimate of drug-likeness (QED) is 0.779. The Kier molecular flexibility index (Phi) is 4.08. The smallest absolute Gasteiger partial charge is 0.261 e. The van der Waals surface area contributed by atoms with Gasteiger partial charge in [0.1, 0.15) is 5.82 Å². The Balaban J connectivity index is 1.53. The molecule has 1 atom stereocenters. The topological polar surface area (TPSA) is 58.1 Å². The summed E-state index contributed by atoms with van der Waals surface area (Å²) in [6, 6.07) is 13.9. The maximum absolute atomic E-state index is 13.0. The number of anilines is 3. The van der Waals surface area contributed by atoms with Crippen LogP contribution in [0.1, 0.15) is 22.8 Å². The average Bonchev–Trinajstić information content (AvgIpc) is 2.99. The van der Waals surface area contributed by atoms with E-state index in [9.17, 15) is 9.18 Å². The van der Waals surface area contributed by atoms with Gasteiger partial charge in [-0.1, -0.05) is 18.2 Å². The third-order valence-electron chi connectivity index (χ3n) is 4.43. The molecule has 6 heteroatoms. The lowest BCUT2D eigenvalue weighted by atomic mass is 10.1. The molecule has 0 fully saturated rings. The first-order valence-electron chi connectivity index (χ1n) is 8.38. The number of para-hydroxylation sites is 1. The minimum Gasteiger partial charge on any atom is -0.324 e. The third-order valence-corrected chi connectivity index (χ3v) is 4.43. The number of nitrogens with one attached hydrogen (secondary N) is 1. The second-order valence-corrected chi connectivity index (χ2v) is 6.28. The number of fused-ring (bicyclic) bond motifs is 1. The highest BCUT2D eigenvalue weighted by atomic mass is 19.1. The van der Waals surface area contributed by atoms with Crippen LogP contribution in [0, 0.1) is 5.82 Å². The predicted molar refractivity (Wildman–Crippen MR) is 98.1 cm³/mol. The summed E-state index contributed by atoms with van der Waals surface area (Å²) < 4.78 is 13.0. The fraction of sp³-hybridized carbons (Fsp3) is 0.150. The number of halogens is 1. The van der Waals surface area contributed by atoms with Crippen molar-refractivity contribution in [3.8, 4) is 0 Å². The van der Waals surface area contributed by atoms with Crippen molar-refractivity contribution in [1.29, 1.82) is 0 Å². The number of carbonyl (C=O) groups is 1. The first-order chi connectivity index (χ1) is 12.6. The normalized spacial score (nSPS) is 15.6. The monoisotopic (exact) mass is 348 g/mol. The summed E-state index contributed by atoms with van der Waals surface area (Å²) in [6.07, 6.45) is 3.86. The molecule has 1 N–H and O–H groups in total.